The molecule has 1 aliphatic heterocycles. The van der Waals surface area contributed by atoms with Crippen LogP contribution in [0.4, 0.5) is 4.39 Å². The van der Waals surface area contributed by atoms with E-state index in [1.54, 1.807) is 0 Å². The molecule has 2 N–H and O–H groups in total. The molecule has 27 heavy (non-hydrogen) atoms. The van der Waals surface area contributed by atoms with Crippen molar-refractivity contribution >= 4 is 23.4 Å². The topological polar surface area (TPSA) is 76.7 Å². The minimum Gasteiger partial charge on any atom is -0.497 e. The van der Waals surface area contributed by atoms with E-state index in [0.717, 1.165) is 0 Å². The van der Waals surface area contributed by atoms with Crippen molar-refractivity contribution in [3.63, 3.8) is 0 Å². The summed E-state index contributed by atoms with van der Waals surface area (Å²) < 4.78 is 25.0. The van der Waals surface area contributed by atoms with Gasteiger partial charge in [0, 0.05) is 49.0 Å². The summed E-state index contributed by atoms with van der Waals surface area (Å²) >= 11 is 6.18. The first-order valence-corrected chi connectivity index (χ1v) is 9.54. The van der Waals surface area contributed by atoms with Gasteiger partial charge in [0.05, 0.1) is 13.0 Å². The zero-order chi connectivity index (χ0) is 19.4. The van der Waals surface area contributed by atoms with Crippen LogP contribution >= 0.6 is 11.6 Å². The van der Waals surface area contributed by atoms with Crippen molar-refractivity contribution in [3.8, 4) is 0 Å². The standard InChI is InChI=1S/C19H24ClFN2O4/c1-26-17-9-12(21)3-5-15(17)27-16-8-11(20)2-4-14(16)19(25)23-13-6-7-22-18(24)10-13/h2,10,12,14,16H,3-9H2,1H3,(H,22,24)(H,23,25). The molecule has 6 nitrogen and oxygen atoms in total. The molecule has 0 bridgehead atoms. The summed E-state index contributed by atoms with van der Waals surface area (Å²) in [6.07, 6.45) is 4.22. The second-order valence-electron chi connectivity index (χ2n) is 6.94. The molecule has 1 heterocycles. The molecule has 148 valence electrons. The summed E-state index contributed by atoms with van der Waals surface area (Å²) in [7, 11) is 1.50. The minimum absolute atomic E-state index is 0.182. The van der Waals surface area contributed by atoms with Gasteiger partial charge >= 0.3 is 0 Å². The number of allylic oxidation sites excluding steroid dienone is 3. The van der Waals surface area contributed by atoms with Gasteiger partial charge in [-0.3, -0.25) is 9.59 Å². The highest BCUT2D eigenvalue weighted by molar-refractivity contribution is 6.29. The van der Waals surface area contributed by atoms with E-state index in [2.05, 4.69) is 10.6 Å². The average molecular weight is 399 g/mol. The third-order valence-corrected chi connectivity index (χ3v) is 5.31. The van der Waals surface area contributed by atoms with Crippen molar-refractivity contribution in [3.05, 3.63) is 34.4 Å². The van der Waals surface area contributed by atoms with Crippen LogP contribution < -0.4 is 10.6 Å². The van der Waals surface area contributed by atoms with Crippen molar-refractivity contribution in [1.29, 1.82) is 0 Å². The summed E-state index contributed by atoms with van der Waals surface area (Å²) in [5, 5.41) is 6.15. The lowest BCUT2D eigenvalue weighted by molar-refractivity contribution is -0.128. The smallest absolute Gasteiger partial charge is 0.245 e. The number of hydrogen-bond acceptors (Lipinski definition) is 4. The minimum atomic E-state index is -0.939. The number of alkyl halides is 1. The summed E-state index contributed by atoms with van der Waals surface area (Å²) in [5.41, 5.74) is 0.595. The number of halogens is 2. The Labute approximate surface area is 162 Å². The molecule has 0 saturated heterocycles. The highest BCUT2D eigenvalue weighted by atomic mass is 35.5. The van der Waals surface area contributed by atoms with E-state index in [4.69, 9.17) is 21.1 Å². The lowest BCUT2D eigenvalue weighted by Crippen LogP contribution is -2.41. The first kappa shape index (κ1) is 19.7. The number of amides is 2. The maximum absolute atomic E-state index is 13.6. The van der Waals surface area contributed by atoms with Crippen LogP contribution in [0.15, 0.2) is 34.4 Å². The van der Waals surface area contributed by atoms with E-state index in [1.807, 2.05) is 6.08 Å². The van der Waals surface area contributed by atoms with E-state index in [0.29, 0.717) is 60.9 Å². The fourth-order valence-electron chi connectivity index (χ4n) is 3.52. The average Bonchev–Trinajstić information content (AvgIpc) is 2.63. The van der Waals surface area contributed by atoms with Gasteiger partial charge < -0.3 is 20.1 Å². The Bertz CT molecular complexity index is 704. The molecule has 3 rings (SSSR count). The van der Waals surface area contributed by atoms with E-state index in [-0.39, 0.29) is 18.2 Å². The SMILES string of the molecule is COC1=C(OC2CC(Cl)=CCC2C(=O)NC2=CC(=O)NCC2)CCC(F)C1. The molecular formula is C19H24ClFN2O4. The van der Waals surface area contributed by atoms with Crippen LogP contribution in [0.5, 0.6) is 0 Å². The second kappa shape index (κ2) is 8.78. The molecule has 2 amide bonds. The molecule has 0 aromatic heterocycles. The summed E-state index contributed by atoms with van der Waals surface area (Å²) in [6.45, 7) is 0.496. The third-order valence-electron chi connectivity index (χ3n) is 5.00. The second-order valence-corrected chi connectivity index (χ2v) is 7.43. The van der Waals surface area contributed by atoms with Crippen molar-refractivity contribution in [2.45, 2.75) is 50.8 Å². The lowest BCUT2D eigenvalue weighted by Gasteiger charge is -2.33. The largest absolute Gasteiger partial charge is 0.497 e. The maximum Gasteiger partial charge on any atom is 0.245 e. The lowest BCUT2D eigenvalue weighted by atomic mass is 9.89. The maximum atomic E-state index is 13.6. The van der Waals surface area contributed by atoms with Gasteiger partial charge in [-0.1, -0.05) is 17.7 Å². The zero-order valence-electron chi connectivity index (χ0n) is 15.2. The number of carbonyl (C=O) groups excluding carboxylic acids is 2. The number of ether oxygens (including phenoxy) is 2. The van der Waals surface area contributed by atoms with E-state index >= 15 is 0 Å². The highest BCUT2D eigenvalue weighted by Crippen LogP contribution is 2.35. The Kier molecular flexibility index (Phi) is 6.42. The van der Waals surface area contributed by atoms with Crippen molar-refractivity contribution < 1.29 is 23.5 Å². The molecule has 3 aliphatic rings. The molecule has 0 saturated carbocycles. The van der Waals surface area contributed by atoms with Crippen molar-refractivity contribution in [2.75, 3.05) is 13.7 Å². The molecule has 0 spiro atoms. The van der Waals surface area contributed by atoms with Crippen LogP contribution in [0.25, 0.3) is 0 Å². The fraction of sp³-hybridized carbons (Fsp3) is 0.579. The Morgan fingerprint density at radius 1 is 1.33 bits per heavy atom. The molecule has 0 aromatic rings. The number of rotatable bonds is 5. The predicted molar refractivity (Wildman–Crippen MR) is 98.2 cm³/mol. The van der Waals surface area contributed by atoms with Crippen molar-refractivity contribution in [1.82, 2.24) is 10.6 Å². The van der Waals surface area contributed by atoms with Gasteiger partial charge in [-0.25, -0.2) is 4.39 Å². The Balaban J connectivity index is 1.73. The van der Waals surface area contributed by atoms with Crippen LogP contribution in [-0.4, -0.2) is 37.7 Å². The number of methoxy groups -OCH3 is 1. The van der Waals surface area contributed by atoms with Gasteiger partial charge in [-0.05, 0) is 12.8 Å². The number of carbonyl (C=O) groups is 2. The molecular weight excluding hydrogens is 375 g/mol. The Hall–Kier alpha value is -2.02. The van der Waals surface area contributed by atoms with E-state index < -0.39 is 18.2 Å². The fourth-order valence-corrected chi connectivity index (χ4v) is 3.77. The van der Waals surface area contributed by atoms with E-state index in [1.165, 1.54) is 13.2 Å². The molecule has 8 heteroatoms. The predicted octanol–water partition coefficient (Wildman–Crippen LogP) is 2.80. The molecule has 3 unspecified atom stereocenters. The van der Waals surface area contributed by atoms with Crippen LogP contribution in [0.3, 0.4) is 0 Å². The van der Waals surface area contributed by atoms with Crippen LogP contribution in [-0.2, 0) is 19.1 Å². The first-order chi connectivity index (χ1) is 13.0. The quantitative estimate of drug-likeness (QED) is 0.746. The van der Waals surface area contributed by atoms with Crippen LogP contribution in [0, 0.1) is 5.92 Å². The summed E-state index contributed by atoms with van der Waals surface area (Å²) in [5.74, 6) is 0.211. The zero-order valence-corrected chi connectivity index (χ0v) is 16.0. The summed E-state index contributed by atoms with van der Waals surface area (Å²) in [4.78, 5) is 24.2. The number of hydrogen-bond donors (Lipinski definition) is 2. The van der Waals surface area contributed by atoms with Gasteiger partial charge in [0.15, 0.2) is 0 Å². The van der Waals surface area contributed by atoms with Crippen molar-refractivity contribution in [2.24, 2.45) is 5.92 Å². The Morgan fingerprint density at radius 2 is 2.15 bits per heavy atom. The molecule has 0 fully saturated rings. The molecule has 0 aromatic carbocycles. The molecule has 3 atom stereocenters. The molecule has 0 radical (unpaired) electrons. The third kappa shape index (κ3) is 5.03. The van der Waals surface area contributed by atoms with Gasteiger partial charge in [0.2, 0.25) is 11.8 Å². The summed E-state index contributed by atoms with van der Waals surface area (Å²) in [6, 6.07) is 0. The van der Waals surface area contributed by atoms with Gasteiger partial charge in [-0.15, -0.1) is 0 Å². The van der Waals surface area contributed by atoms with Gasteiger partial charge in [0.25, 0.3) is 0 Å². The normalized spacial score (nSPS) is 28.7. The first-order valence-electron chi connectivity index (χ1n) is 9.16. The number of nitrogens with one attached hydrogen (secondary N) is 2. The highest BCUT2D eigenvalue weighted by Gasteiger charge is 2.35. The van der Waals surface area contributed by atoms with Gasteiger partial charge in [-0.2, -0.15) is 0 Å². The van der Waals surface area contributed by atoms with Crippen LogP contribution in [0.1, 0.15) is 38.5 Å². The Morgan fingerprint density at radius 3 is 2.89 bits per heavy atom. The molecule has 2 aliphatic carbocycles. The van der Waals surface area contributed by atoms with Crippen LogP contribution in [0.2, 0.25) is 0 Å². The monoisotopic (exact) mass is 398 g/mol. The van der Waals surface area contributed by atoms with Gasteiger partial charge in [0.1, 0.15) is 23.8 Å². The van der Waals surface area contributed by atoms with E-state index in [9.17, 15) is 14.0 Å².